The highest BCUT2D eigenvalue weighted by atomic mass is 16.5. The third kappa shape index (κ3) is 4.81. The molecule has 2 N–H and O–H groups in total. The average Bonchev–Trinajstić information content (AvgIpc) is 2.63. The fourth-order valence-electron chi connectivity index (χ4n) is 2.94. The molecule has 25 heavy (non-hydrogen) atoms. The van der Waals surface area contributed by atoms with Gasteiger partial charge in [-0.2, -0.15) is 0 Å². The van der Waals surface area contributed by atoms with E-state index in [1.165, 1.54) is 11.1 Å². The number of nitrogens with one attached hydrogen (secondary N) is 1. The van der Waals surface area contributed by atoms with Gasteiger partial charge in [-0.3, -0.25) is 4.90 Å². The van der Waals surface area contributed by atoms with Gasteiger partial charge in [-0.25, -0.2) is 4.79 Å². The molecule has 0 radical (unpaired) electrons. The van der Waals surface area contributed by atoms with Gasteiger partial charge in [0, 0.05) is 31.9 Å². The summed E-state index contributed by atoms with van der Waals surface area (Å²) in [6.45, 7) is 7.27. The van der Waals surface area contributed by atoms with Crippen LogP contribution < -0.4 is 5.32 Å². The van der Waals surface area contributed by atoms with Crippen molar-refractivity contribution in [3.8, 4) is 0 Å². The molecule has 0 aliphatic carbocycles. The number of carbonyl (C=O) groups is 1. The second kappa shape index (κ2) is 8.14. The van der Waals surface area contributed by atoms with E-state index in [0.717, 1.165) is 44.1 Å². The molecule has 5 heteroatoms. The summed E-state index contributed by atoms with van der Waals surface area (Å²) in [5.41, 5.74) is 4.98. The van der Waals surface area contributed by atoms with Gasteiger partial charge < -0.3 is 15.2 Å². The van der Waals surface area contributed by atoms with Crippen molar-refractivity contribution in [3.05, 3.63) is 64.7 Å². The molecular weight excluding hydrogens is 316 g/mol. The molecule has 132 valence electrons. The van der Waals surface area contributed by atoms with Crippen LogP contribution in [-0.2, 0) is 17.8 Å². The Labute approximate surface area is 148 Å². The van der Waals surface area contributed by atoms with Crippen molar-refractivity contribution in [2.24, 2.45) is 0 Å². The molecule has 1 aliphatic rings. The summed E-state index contributed by atoms with van der Waals surface area (Å²) in [7, 11) is 0. The second-order valence-electron chi connectivity index (χ2n) is 6.39. The molecule has 0 amide bonds. The first-order chi connectivity index (χ1) is 12.1. The molecule has 1 saturated heterocycles. The summed E-state index contributed by atoms with van der Waals surface area (Å²) in [5, 5.41) is 12.4. The average molecular weight is 340 g/mol. The van der Waals surface area contributed by atoms with Crippen LogP contribution in [0.25, 0.3) is 0 Å². The Morgan fingerprint density at radius 3 is 2.48 bits per heavy atom. The molecule has 1 fully saturated rings. The third-order valence-electron chi connectivity index (χ3n) is 4.50. The molecule has 5 nitrogen and oxygen atoms in total. The second-order valence-corrected chi connectivity index (χ2v) is 6.39. The van der Waals surface area contributed by atoms with Crippen LogP contribution in [-0.4, -0.2) is 42.3 Å². The predicted octanol–water partition coefficient (Wildman–Crippen LogP) is 3.14. The molecule has 0 bridgehead atoms. The lowest BCUT2D eigenvalue weighted by atomic mass is 10.1. The Morgan fingerprint density at radius 2 is 1.80 bits per heavy atom. The number of hydrogen-bond donors (Lipinski definition) is 2. The molecule has 2 aromatic rings. The van der Waals surface area contributed by atoms with Crippen LogP contribution in [0.2, 0.25) is 0 Å². The molecular formula is C20H24N2O3. The zero-order valence-electron chi connectivity index (χ0n) is 14.5. The molecule has 1 heterocycles. The minimum Gasteiger partial charge on any atom is -0.478 e. The van der Waals surface area contributed by atoms with E-state index in [0.29, 0.717) is 12.1 Å². The smallest absolute Gasteiger partial charge is 0.335 e. The Balaban J connectivity index is 1.63. The van der Waals surface area contributed by atoms with Crippen LogP contribution in [0.1, 0.15) is 27.0 Å². The van der Waals surface area contributed by atoms with Crippen LogP contribution in [0.5, 0.6) is 0 Å². The number of ether oxygens (including phenoxy) is 1. The number of carboxylic acids is 1. The number of aromatic carboxylic acids is 1. The van der Waals surface area contributed by atoms with Gasteiger partial charge in [-0.1, -0.05) is 24.3 Å². The Hall–Kier alpha value is -2.37. The molecule has 1 aliphatic heterocycles. The Kier molecular flexibility index (Phi) is 5.68. The fourth-order valence-corrected chi connectivity index (χ4v) is 2.94. The zero-order chi connectivity index (χ0) is 17.6. The lowest BCUT2D eigenvalue weighted by molar-refractivity contribution is 0.0342. The number of carboxylic acid groups (broad SMARTS) is 1. The number of morpholine rings is 1. The van der Waals surface area contributed by atoms with E-state index in [-0.39, 0.29) is 0 Å². The molecule has 0 unspecified atom stereocenters. The number of anilines is 1. The van der Waals surface area contributed by atoms with Gasteiger partial charge in [0.25, 0.3) is 0 Å². The molecule has 0 spiro atoms. The Bertz CT molecular complexity index is 722. The van der Waals surface area contributed by atoms with Gasteiger partial charge in [-0.05, 0) is 41.8 Å². The van der Waals surface area contributed by atoms with Crippen molar-refractivity contribution in [3.63, 3.8) is 0 Å². The summed E-state index contributed by atoms with van der Waals surface area (Å²) in [6.07, 6.45) is 0. The summed E-state index contributed by atoms with van der Waals surface area (Å²) >= 11 is 0. The lowest BCUT2D eigenvalue weighted by Gasteiger charge is -2.26. The summed E-state index contributed by atoms with van der Waals surface area (Å²) < 4.78 is 5.40. The van der Waals surface area contributed by atoms with Gasteiger partial charge in [0.15, 0.2) is 0 Å². The van der Waals surface area contributed by atoms with E-state index < -0.39 is 5.97 Å². The van der Waals surface area contributed by atoms with Crippen LogP contribution in [0.3, 0.4) is 0 Å². The number of nitrogens with zero attached hydrogens (tertiary/aromatic N) is 1. The quantitative estimate of drug-likeness (QED) is 0.846. The minimum absolute atomic E-state index is 0.312. The van der Waals surface area contributed by atoms with Gasteiger partial charge in [0.2, 0.25) is 0 Å². The minimum atomic E-state index is -0.897. The molecule has 3 rings (SSSR count). The van der Waals surface area contributed by atoms with E-state index in [9.17, 15) is 4.79 Å². The van der Waals surface area contributed by atoms with Crippen molar-refractivity contribution >= 4 is 11.7 Å². The van der Waals surface area contributed by atoms with Gasteiger partial charge in [0.05, 0.1) is 18.8 Å². The predicted molar refractivity (Wildman–Crippen MR) is 98.0 cm³/mol. The van der Waals surface area contributed by atoms with Crippen LogP contribution in [0.15, 0.2) is 42.5 Å². The first-order valence-corrected chi connectivity index (χ1v) is 8.57. The SMILES string of the molecule is Cc1ccc(CN2CCOCC2)cc1NCc1ccc(C(=O)O)cc1. The maximum atomic E-state index is 10.9. The molecule has 0 saturated carbocycles. The lowest BCUT2D eigenvalue weighted by Crippen LogP contribution is -2.35. The molecule has 0 aromatic heterocycles. The van der Waals surface area contributed by atoms with Crippen molar-refractivity contribution in [2.45, 2.75) is 20.0 Å². The van der Waals surface area contributed by atoms with E-state index in [1.807, 2.05) is 12.1 Å². The first kappa shape index (κ1) is 17.5. The van der Waals surface area contributed by atoms with E-state index in [4.69, 9.17) is 9.84 Å². The molecule has 2 aromatic carbocycles. The highest BCUT2D eigenvalue weighted by Crippen LogP contribution is 2.19. The normalized spacial score (nSPS) is 15.1. The summed E-state index contributed by atoms with van der Waals surface area (Å²) in [6, 6.07) is 13.5. The molecule has 0 atom stereocenters. The van der Waals surface area contributed by atoms with Crippen LogP contribution >= 0.6 is 0 Å². The standard InChI is InChI=1S/C20H24N2O3/c1-15-2-3-17(14-22-8-10-25-11-9-22)12-19(15)21-13-16-4-6-18(7-5-16)20(23)24/h2-7,12,21H,8-11,13-14H2,1H3,(H,23,24). The third-order valence-corrected chi connectivity index (χ3v) is 4.50. The monoisotopic (exact) mass is 340 g/mol. The number of hydrogen-bond acceptors (Lipinski definition) is 4. The number of rotatable bonds is 6. The summed E-state index contributed by atoms with van der Waals surface area (Å²) in [5.74, 6) is -0.897. The first-order valence-electron chi connectivity index (χ1n) is 8.57. The summed E-state index contributed by atoms with van der Waals surface area (Å²) in [4.78, 5) is 13.3. The van der Waals surface area contributed by atoms with Crippen LogP contribution in [0.4, 0.5) is 5.69 Å². The van der Waals surface area contributed by atoms with Crippen molar-refractivity contribution in [1.29, 1.82) is 0 Å². The van der Waals surface area contributed by atoms with E-state index in [1.54, 1.807) is 12.1 Å². The largest absolute Gasteiger partial charge is 0.478 e. The zero-order valence-corrected chi connectivity index (χ0v) is 14.5. The fraction of sp³-hybridized carbons (Fsp3) is 0.350. The van der Waals surface area contributed by atoms with Gasteiger partial charge in [-0.15, -0.1) is 0 Å². The Morgan fingerprint density at radius 1 is 1.12 bits per heavy atom. The maximum Gasteiger partial charge on any atom is 0.335 e. The highest BCUT2D eigenvalue weighted by Gasteiger charge is 2.11. The topological polar surface area (TPSA) is 61.8 Å². The van der Waals surface area contributed by atoms with Crippen LogP contribution in [0, 0.1) is 6.92 Å². The van der Waals surface area contributed by atoms with Crippen molar-refractivity contribution in [1.82, 2.24) is 4.90 Å². The number of aryl methyl sites for hydroxylation is 1. The number of benzene rings is 2. The highest BCUT2D eigenvalue weighted by molar-refractivity contribution is 5.87. The van der Waals surface area contributed by atoms with E-state index in [2.05, 4.69) is 35.3 Å². The maximum absolute atomic E-state index is 10.9. The van der Waals surface area contributed by atoms with E-state index >= 15 is 0 Å². The van der Waals surface area contributed by atoms with Gasteiger partial charge >= 0.3 is 5.97 Å². The van der Waals surface area contributed by atoms with Crippen molar-refractivity contribution in [2.75, 3.05) is 31.6 Å². The van der Waals surface area contributed by atoms with Crippen molar-refractivity contribution < 1.29 is 14.6 Å². The van der Waals surface area contributed by atoms with Gasteiger partial charge in [0.1, 0.15) is 0 Å².